The van der Waals surface area contributed by atoms with Crippen molar-refractivity contribution < 1.29 is 14.0 Å². The number of halogens is 1. The van der Waals surface area contributed by atoms with Crippen LogP contribution in [0.25, 0.3) is 0 Å². The predicted molar refractivity (Wildman–Crippen MR) is 63.0 cm³/mol. The van der Waals surface area contributed by atoms with Gasteiger partial charge in [0.2, 0.25) is 11.8 Å². The summed E-state index contributed by atoms with van der Waals surface area (Å²) in [5.41, 5.74) is 5.80. The van der Waals surface area contributed by atoms with Gasteiger partial charge in [-0.15, -0.1) is 0 Å². The van der Waals surface area contributed by atoms with E-state index in [2.05, 4.69) is 10.6 Å². The highest BCUT2D eigenvalue weighted by molar-refractivity contribution is 5.98. The molecule has 6 heteroatoms. The summed E-state index contributed by atoms with van der Waals surface area (Å²) in [5, 5.41) is 4.98. The summed E-state index contributed by atoms with van der Waals surface area (Å²) in [4.78, 5) is 22.3. The number of anilines is 2. The zero-order valence-electron chi connectivity index (χ0n) is 9.42. The molecule has 0 atom stereocenters. The predicted octanol–water partition coefficient (Wildman–Crippen LogP) is 1.07. The first-order valence-electron chi connectivity index (χ1n) is 5.10. The van der Waals surface area contributed by atoms with Crippen LogP contribution in [0.1, 0.15) is 13.3 Å². The van der Waals surface area contributed by atoms with Crippen LogP contribution in [0, 0.1) is 5.82 Å². The molecule has 0 fully saturated rings. The van der Waals surface area contributed by atoms with Gasteiger partial charge in [0.25, 0.3) is 0 Å². The Balaban J connectivity index is 2.90. The number of nitrogens with one attached hydrogen (secondary N) is 2. The summed E-state index contributed by atoms with van der Waals surface area (Å²) in [6.07, 6.45) is 0.135. The van der Waals surface area contributed by atoms with Crippen LogP contribution >= 0.6 is 0 Å². The van der Waals surface area contributed by atoms with Gasteiger partial charge in [0.15, 0.2) is 0 Å². The number of carbonyl (C=O) groups excluding carboxylic acids is 2. The molecule has 92 valence electrons. The van der Waals surface area contributed by atoms with Crippen LogP contribution in [-0.2, 0) is 9.59 Å². The molecule has 1 aromatic rings. The van der Waals surface area contributed by atoms with Crippen molar-refractivity contribution in [2.24, 2.45) is 5.73 Å². The molecule has 1 aromatic carbocycles. The highest BCUT2D eigenvalue weighted by Crippen LogP contribution is 2.22. The van der Waals surface area contributed by atoms with Crippen LogP contribution in [0.5, 0.6) is 0 Å². The molecular formula is C11H14FN3O2. The van der Waals surface area contributed by atoms with E-state index in [0.717, 1.165) is 6.07 Å². The van der Waals surface area contributed by atoms with Gasteiger partial charge in [0.05, 0.1) is 11.4 Å². The fraction of sp³-hybridized carbons (Fsp3) is 0.273. The van der Waals surface area contributed by atoms with Gasteiger partial charge < -0.3 is 16.4 Å². The Kier molecular flexibility index (Phi) is 4.59. The lowest BCUT2D eigenvalue weighted by atomic mass is 10.2. The van der Waals surface area contributed by atoms with Gasteiger partial charge >= 0.3 is 0 Å². The summed E-state index contributed by atoms with van der Waals surface area (Å²) in [6, 6.07) is 3.72. The lowest BCUT2D eigenvalue weighted by molar-refractivity contribution is -0.116. The summed E-state index contributed by atoms with van der Waals surface area (Å²) in [6.45, 7) is 1.53. The second-order valence-corrected chi connectivity index (χ2v) is 3.46. The zero-order valence-corrected chi connectivity index (χ0v) is 9.42. The molecule has 0 aliphatic heterocycles. The van der Waals surface area contributed by atoms with E-state index in [4.69, 9.17) is 5.73 Å². The van der Waals surface area contributed by atoms with Gasteiger partial charge in [0, 0.05) is 19.9 Å². The maximum atomic E-state index is 13.0. The minimum absolute atomic E-state index is 0.135. The molecule has 0 bridgehead atoms. The third kappa shape index (κ3) is 4.20. The molecule has 0 unspecified atom stereocenters. The molecule has 0 heterocycles. The molecule has 0 saturated heterocycles. The molecule has 5 nitrogen and oxygen atoms in total. The summed E-state index contributed by atoms with van der Waals surface area (Å²) in [7, 11) is 0. The fourth-order valence-corrected chi connectivity index (χ4v) is 1.26. The Labute approximate surface area is 98.2 Å². The minimum Gasteiger partial charge on any atom is -0.330 e. The highest BCUT2D eigenvalue weighted by Gasteiger charge is 2.08. The van der Waals surface area contributed by atoms with Crippen molar-refractivity contribution in [3.8, 4) is 0 Å². The first kappa shape index (κ1) is 13.1. The summed E-state index contributed by atoms with van der Waals surface area (Å²) < 4.78 is 13.0. The zero-order chi connectivity index (χ0) is 12.8. The van der Waals surface area contributed by atoms with Gasteiger partial charge in [-0.2, -0.15) is 0 Å². The molecule has 0 spiro atoms. The van der Waals surface area contributed by atoms with Crippen molar-refractivity contribution >= 4 is 23.2 Å². The minimum atomic E-state index is -0.498. The van der Waals surface area contributed by atoms with E-state index < -0.39 is 5.82 Å². The highest BCUT2D eigenvalue weighted by atomic mass is 19.1. The molecule has 4 N–H and O–H groups in total. The first-order valence-corrected chi connectivity index (χ1v) is 5.10. The van der Waals surface area contributed by atoms with Crippen molar-refractivity contribution in [1.29, 1.82) is 0 Å². The molecule has 2 amide bonds. The third-order valence-electron chi connectivity index (χ3n) is 1.94. The molecular weight excluding hydrogens is 225 g/mol. The Bertz CT molecular complexity index is 435. The first-order chi connectivity index (χ1) is 8.02. The second-order valence-electron chi connectivity index (χ2n) is 3.46. The van der Waals surface area contributed by atoms with Gasteiger partial charge in [-0.05, 0) is 18.2 Å². The Morgan fingerprint density at radius 1 is 1.29 bits per heavy atom. The van der Waals surface area contributed by atoms with E-state index in [-0.39, 0.29) is 30.5 Å². The van der Waals surface area contributed by atoms with Crippen LogP contribution in [0.15, 0.2) is 18.2 Å². The molecule has 17 heavy (non-hydrogen) atoms. The van der Waals surface area contributed by atoms with Crippen LogP contribution in [0.3, 0.4) is 0 Å². The van der Waals surface area contributed by atoms with E-state index in [1.807, 2.05) is 0 Å². The molecule has 1 rings (SSSR count). The fourth-order valence-electron chi connectivity index (χ4n) is 1.26. The van der Waals surface area contributed by atoms with Crippen molar-refractivity contribution in [2.75, 3.05) is 17.2 Å². The monoisotopic (exact) mass is 239 g/mol. The van der Waals surface area contributed by atoms with E-state index in [9.17, 15) is 14.0 Å². The average molecular weight is 239 g/mol. The van der Waals surface area contributed by atoms with Gasteiger partial charge in [-0.25, -0.2) is 4.39 Å². The Morgan fingerprint density at radius 3 is 2.59 bits per heavy atom. The number of hydrogen-bond donors (Lipinski definition) is 3. The van der Waals surface area contributed by atoms with Crippen LogP contribution in [0.4, 0.5) is 15.8 Å². The Hall–Kier alpha value is -1.95. The number of amides is 2. The maximum absolute atomic E-state index is 13.0. The summed E-state index contributed by atoms with van der Waals surface area (Å²) >= 11 is 0. The normalized spacial score (nSPS) is 9.82. The largest absolute Gasteiger partial charge is 0.330 e. The number of carbonyl (C=O) groups is 2. The molecule has 0 aromatic heterocycles. The van der Waals surface area contributed by atoms with Crippen molar-refractivity contribution in [3.05, 3.63) is 24.0 Å². The number of nitrogens with two attached hydrogens (primary N) is 1. The topological polar surface area (TPSA) is 84.2 Å². The standard InChI is InChI=1S/C11H14FN3O2/c1-7(16)14-9-3-2-8(12)6-10(9)15-11(17)4-5-13/h2-3,6H,4-5,13H2,1H3,(H,14,16)(H,15,17). The van der Waals surface area contributed by atoms with Crippen LogP contribution in [-0.4, -0.2) is 18.4 Å². The van der Waals surface area contributed by atoms with E-state index in [1.165, 1.54) is 19.1 Å². The number of rotatable bonds is 4. The van der Waals surface area contributed by atoms with E-state index >= 15 is 0 Å². The van der Waals surface area contributed by atoms with E-state index in [1.54, 1.807) is 0 Å². The molecule has 0 saturated carbocycles. The van der Waals surface area contributed by atoms with Gasteiger partial charge in [-0.1, -0.05) is 0 Å². The van der Waals surface area contributed by atoms with Crippen molar-refractivity contribution in [1.82, 2.24) is 0 Å². The average Bonchev–Trinajstić information content (AvgIpc) is 2.22. The smallest absolute Gasteiger partial charge is 0.225 e. The molecule has 0 radical (unpaired) electrons. The molecule has 0 aliphatic rings. The lowest BCUT2D eigenvalue weighted by Gasteiger charge is -2.11. The van der Waals surface area contributed by atoms with Crippen molar-refractivity contribution in [2.45, 2.75) is 13.3 Å². The van der Waals surface area contributed by atoms with Crippen molar-refractivity contribution in [3.63, 3.8) is 0 Å². The van der Waals surface area contributed by atoms with Gasteiger partial charge in [-0.3, -0.25) is 9.59 Å². The van der Waals surface area contributed by atoms with E-state index in [0.29, 0.717) is 5.69 Å². The number of hydrogen-bond acceptors (Lipinski definition) is 3. The quantitative estimate of drug-likeness (QED) is 0.734. The second kappa shape index (κ2) is 5.95. The number of benzene rings is 1. The lowest BCUT2D eigenvalue weighted by Crippen LogP contribution is -2.18. The third-order valence-corrected chi connectivity index (χ3v) is 1.94. The summed E-state index contributed by atoms with van der Waals surface area (Å²) in [5.74, 6) is -1.13. The molecule has 0 aliphatic carbocycles. The maximum Gasteiger partial charge on any atom is 0.225 e. The SMILES string of the molecule is CC(=O)Nc1ccc(F)cc1NC(=O)CCN. The van der Waals surface area contributed by atoms with Gasteiger partial charge in [0.1, 0.15) is 5.82 Å². The van der Waals surface area contributed by atoms with Crippen LogP contribution < -0.4 is 16.4 Å². The van der Waals surface area contributed by atoms with Crippen LogP contribution in [0.2, 0.25) is 0 Å². The Morgan fingerprint density at radius 2 is 2.00 bits per heavy atom.